The highest BCUT2D eigenvalue weighted by atomic mass is 16.5. The van der Waals surface area contributed by atoms with E-state index in [1.807, 2.05) is 12.1 Å². The Morgan fingerprint density at radius 3 is 2.87 bits per heavy atom. The summed E-state index contributed by atoms with van der Waals surface area (Å²) >= 11 is 0. The molecule has 2 rings (SSSR count). The number of ether oxygens (including phenoxy) is 1. The van der Waals surface area contributed by atoms with Crippen LogP contribution in [-0.4, -0.2) is 20.2 Å². The lowest BCUT2D eigenvalue weighted by Crippen LogP contribution is -2.05. The van der Waals surface area contributed by atoms with Gasteiger partial charge in [0.1, 0.15) is 12.4 Å². The number of hydrogen-bond donors (Lipinski definition) is 1. The van der Waals surface area contributed by atoms with Gasteiger partial charge in [-0.2, -0.15) is 0 Å². The Labute approximate surface area is 86.7 Å². The van der Waals surface area contributed by atoms with Crippen LogP contribution in [0.15, 0.2) is 24.3 Å². The fourth-order valence-electron chi connectivity index (χ4n) is 1.12. The van der Waals surface area contributed by atoms with Crippen LogP contribution in [0, 0.1) is 0 Å². The van der Waals surface area contributed by atoms with Crippen molar-refractivity contribution in [2.24, 2.45) is 7.05 Å². The molecule has 0 unspecified atom stereocenters. The van der Waals surface area contributed by atoms with Crippen molar-refractivity contribution < 1.29 is 4.74 Å². The van der Waals surface area contributed by atoms with Gasteiger partial charge in [-0.15, -0.1) is 5.10 Å². The second kappa shape index (κ2) is 3.95. The molecule has 0 amide bonds. The van der Waals surface area contributed by atoms with Crippen LogP contribution in [-0.2, 0) is 13.7 Å². The van der Waals surface area contributed by atoms with Crippen LogP contribution in [0.4, 0.5) is 5.69 Å². The van der Waals surface area contributed by atoms with E-state index >= 15 is 0 Å². The number of tetrazole rings is 1. The van der Waals surface area contributed by atoms with Crippen LogP contribution in [0.25, 0.3) is 0 Å². The van der Waals surface area contributed by atoms with Gasteiger partial charge in [-0.1, -0.05) is 12.1 Å². The third-order valence-electron chi connectivity index (χ3n) is 1.98. The highest BCUT2D eigenvalue weighted by Gasteiger charge is 2.04. The fourth-order valence-corrected chi connectivity index (χ4v) is 1.12. The Balaban J connectivity index is 2.06. The van der Waals surface area contributed by atoms with Gasteiger partial charge in [0.15, 0.2) is 5.82 Å². The summed E-state index contributed by atoms with van der Waals surface area (Å²) < 4.78 is 7.03. The van der Waals surface area contributed by atoms with Crippen LogP contribution >= 0.6 is 0 Å². The molecule has 0 aliphatic carbocycles. The predicted molar refractivity (Wildman–Crippen MR) is 54.0 cm³/mol. The van der Waals surface area contributed by atoms with E-state index in [0.717, 1.165) is 0 Å². The molecule has 0 bridgehead atoms. The number of para-hydroxylation sites is 2. The van der Waals surface area contributed by atoms with Crippen molar-refractivity contribution >= 4 is 5.69 Å². The van der Waals surface area contributed by atoms with Crippen molar-refractivity contribution in [1.29, 1.82) is 0 Å². The van der Waals surface area contributed by atoms with Crippen LogP contribution in [0.1, 0.15) is 5.82 Å². The number of aromatic nitrogens is 4. The van der Waals surface area contributed by atoms with Gasteiger partial charge >= 0.3 is 0 Å². The van der Waals surface area contributed by atoms with E-state index in [9.17, 15) is 0 Å². The maximum atomic E-state index is 5.71. The molecule has 0 radical (unpaired) electrons. The number of benzene rings is 1. The van der Waals surface area contributed by atoms with E-state index in [-0.39, 0.29) is 0 Å². The molecule has 2 N–H and O–H groups in total. The topological polar surface area (TPSA) is 78.8 Å². The Hall–Kier alpha value is -2.11. The number of nitrogen functional groups attached to an aromatic ring is 1. The molecule has 1 aromatic heterocycles. The van der Waals surface area contributed by atoms with Gasteiger partial charge in [-0.05, 0) is 22.6 Å². The molecule has 1 aromatic carbocycles. The molecule has 0 saturated carbocycles. The first kappa shape index (κ1) is 9.45. The van der Waals surface area contributed by atoms with Crippen LogP contribution in [0.2, 0.25) is 0 Å². The highest BCUT2D eigenvalue weighted by Crippen LogP contribution is 2.20. The molecule has 15 heavy (non-hydrogen) atoms. The first-order valence-electron chi connectivity index (χ1n) is 4.46. The summed E-state index contributed by atoms with van der Waals surface area (Å²) in [4.78, 5) is 0. The molecule has 6 nitrogen and oxygen atoms in total. The molecule has 6 heteroatoms. The minimum Gasteiger partial charge on any atom is -0.483 e. The zero-order chi connectivity index (χ0) is 10.7. The molecule has 0 aliphatic rings. The normalized spacial score (nSPS) is 10.2. The van der Waals surface area contributed by atoms with Crippen LogP contribution < -0.4 is 10.5 Å². The van der Waals surface area contributed by atoms with E-state index in [2.05, 4.69) is 15.5 Å². The Morgan fingerprint density at radius 2 is 2.20 bits per heavy atom. The lowest BCUT2D eigenvalue weighted by molar-refractivity contribution is 0.291. The number of nitrogens with two attached hydrogens (primary N) is 1. The molecule has 0 saturated heterocycles. The predicted octanol–water partition coefficient (Wildman–Crippen LogP) is 0.371. The summed E-state index contributed by atoms with van der Waals surface area (Å²) in [5.74, 6) is 1.29. The Morgan fingerprint density at radius 1 is 1.40 bits per heavy atom. The molecule has 78 valence electrons. The van der Waals surface area contributed by atoms with Crippen molar-refractivity contribution in [3.05, 3.63) is 30.1 Å². The third-order valence-corrected chi connectivity index (χ3v) is 1.98. The zero-order valence-electron chi connectivity index (χ0n) is 8.29. The Kier molecular flexibility index (Phi) is 2.49. The largest absolute Gasteiger partial charge is 0.483 e. The molecule has 2 aromatic rings. The van der Waals surface area contributed by atoms with Crippen molar-refractivity contribution in [3.8, 4) is 5.75 Å². The number of rotatable bonds is 3. The third kappa shape index (κ3) is 2.04. The molecular formula is C9H11N5O. The van der Waals surface area contributed by atoms with Crippen molar-refractivity contribution in [2.75, 3.05) is 5.73 Å². The van der Waals surface area contributed by atoms with Crippen molar-refractivity contribution in [1.82, 2.24) is 20.2 Å². The standard InChI is InChI=1S/C9H11N5O/c1-14-9(11-12-13-14)6-15-8-5-3-2-4-7(8)10/h2-5H,6,10H2,1H3. The van der Waals surface area contributed by atoms with Crippen LogP contribution in [0.3, 0.4) is 0 Å². The lowest BCUT2D eigenvalue weighted by Gasteiger charge is -2.06. The first-order chi connectivity index (χ1) is 7.27. The molecular weight excluding hydrogens is 194 g/mol. The van der Waals surface area contributed by atoms with Gasteiger partial charge in [-0.3, -0.25) is 0 Å². The number of hydrogen-bond acceptors (Lipinski definition) is 5. The second-order valence-corrected chi connectivity index (χ2v) is 3.05. The minimum atomic E-state index is 0.303. The maximum Gasteiger partial charge on any atom is 0.188 e. The molecule has 0 fully saturated rings. The summed E-state index contributed by atoms with van der Waals surface area (Å²) in [7, 11) is 1.76. The van der Waals surface area contributed by atoms with Crippen molar-refractivity contribution in [2.45, 2.75) is 6.61 Å². The van der Waals surface area contributed by atoms with Gasteiger partial charge in [0.25, 0.3) is 0 Å². The van der Waals surface area contributed by atoms with Gasteiger partial charge in [-0.25, -0.2) is 4.68 Å². The summed E-state index contributed by atoms with van der Waals surface area (Å²) in [5, 5.41) is 11.0. The van der Waals surface area contributed by atoms with Crippen LogP contribution in [0.5, 0.6) is 5.75 Å². The number of anilines is 1. The summed E-state index contributed by atoms with van der Waals surface area (Å²) in [5.41, 5.74) is 6.32. The smallest absolute Gasteiger partial charge is 0.188 e. The quantitative estimate of drug-likeness (QED) is 0.732. The highest BCUT2D eigenvalue weighted by molar-refractivity contribution is 5.51. The van der Waals surface area contributed by atoms with E-state index in [4.69, 9.17) is 10.5 Å². The molecule has 1 heterocycles. The van der Waals surface area contributed by atoms with Gasteiger partial charge in [0.2, 0.25) is 0 Å². The van der Waals surface area contributed by atoms with E-state index in [0.29, 0.717) is 23.9 Å². The maximum absolute atomic E-state index is 5.71. The minimum absolute atomic E-state index is 0.303. The van der Waals surface area contributed by atoms with E-state index in [1.165, 1.54) is 0 Å². The number of aryl methyl sites for hydroxylation is 1. The SMILES string of the molecule is Cn1nnnc1COc1ccccc1N. The first-order valence-corrected chi connectivity index (χ1v) is 4.46. The Bertz CT molecular complexity index is 453. The van der Waals surface area contributed by atoms with Gasteiger partial charge in [0.05, 0.1) is 5.69 Å². The fraction of sp³-hybridized carbons (Fsp3) is 0.222. The summed E-state index contributed by atoms with van der Waals surface area (Å²) in [6.07, 6.45) is 0. The average molecular weight is 205 g/mol. The molecule has 0 aliphatic heterocycles. The number of nitrogens with zero attached hydrogens (tertiary/aromatic N) is 4. The lowest BCUT2D eigenvalue weighted by atomic mass is 10.3. The summed E-state index contributed by atoms with van der Waals surface area (Å²) in [6, 6.07) is 7.30. The monoisotopic (exact) mass is 205 g/mol. The van der Waals surface area contributed by atoms with Crippen molar-refractivity contribution in [3.63, 3.8) is 0 Å². The van der Waals surface area contributed by atoms with E-state index < -0.39 is 0 Å². The zero-order valence-corrected chi connectivity index (χ0v) is 8.29. The van der Waals surface area contributed by atoms with Gasteiger partial charge in [0, 0.05) is 7.05 Å². The summed E-state index contributed by atoms with van der Waals surface area (Å²) in [6.45, 7) is 0.303. The molecule has 0 atom stereocenters. The average Bonchev–Trinajstić information content (AvgIpc) is 2.63. The molecule has 0 spiro atoms. The van der Waals surface area contributed by atoms with E-state index in [1.54, 1.807) is 23.9 Å². The van der Waals surface area contributed by atoms with Gasteiger partial charge < -0.3 is 10.5 Å². The second-order valence-electron chi connectivity index (χ2n) is 3.05.